The summed E-state index contributed by atoms with van der Waals surface area (Å²) in [5, 5.41) is 1.95. The first kappa shape index (κ1) is 25.9. The predicted molar refractivity (Wildman–Crippen MR) is 144 cm³/mol. The van der Waals surface area contributed by atoms with Gasteiger partial charge in [0.1, 0.15) is 6.17 Å². The molecule has 0 radical (unpaired) electrons. The molecule has 3 aromatic rings. The number of carbonyl (C=O) groups is 1. The highest BCUT2D eigenvalue weighted by molar-refractivity contribution is 7.98. The van der Waals surface area contributed by atoms with Gasteiger partial charge in [-0.3, -0.25) is 19.3 Å². The van der Waals surface area contributed by atoms with E-state index in [1.807, 2.05) is 29.3 Å². The topological polar surface area (TPSA) is 64.0 Å². The van der Waals surface area contributed by atoms with Crippen molar-refractivity contribution < 1.29 is 23.0 Å². The standard InChI is InChI=1S/C29H29F2N3O4S/c1-2-3-6-14-38-28-22(35)11-12-33-27(28)29(36)32-13-15-37-16-24(32)34(33)26-18-9-10-21(30)25(31)20(18)17-39-23-8-5-4-7-19(23)26/h4-5,7-12,24,26H,2-3,6,13-17H2,1H3/t24-,26+/m1/s1. The number of nitrogens with zero attached hydrogens (tertiary/aromatic N) is 3. The van der Waals surface area contributed by atoms with Crippen molar-refractivity contribution in [1.82, 2.24) is 9.58 Å². The van der Waals surface area contributed by atoms with Crippen LogP contribution in [0.15, 0.2) is 58.4 Å². The number of aromatic nitrogens is 1. The fourth-order valence-electron chi connectivity index (χ4n) is 5.64. The third-order valence-corrected chi connectivity index (χ3v) is 8.64. The first-order chi connectivity index (χ1) is 19.0. The molecule has 2 atom stereocenters. The SMILES string of the molecule is CCCCCOc1c2n(ccc1=O)N([C@@H]1c3ccccc3SCc3c1ccc(F)c3F)[C@@H]1COCCN1C2=O. The zero-order chi connectivity index (χ0) is 27.1. The van der Waals surface area contributed by atoms with Crippen molar-refractivity contribution >= 4 is 17.7 Å². The lowest BCUT2D eigenvalue weighted by molar-refractivity contribution is -0.0198. The van der Waals surface area contributed by atoms with Crippen molar-refractivity contribution in [3.8, 4) is 5.75 Å². The van der Waals surface area contributed by atoms with Crippen molar-refractivity contribution in [2.45, 2.75) is 49.0 Å². The van der Waals surface area contributed by atoms with Gasteiger partial charge in [0.2, 0.25) is 5.43 Å². The Kier molecular flexibility index (Phi) is 7.07. The first-order valence-electron chi connectivity index (χ1n) is 13.3. The van der Waals surface area contributed by atoms with Crippen LogP contribution in [0.5, 0.6) is 5.75 Å². The fraction of sp³-hybridized carbons (Fsp3) is 0.379. The van der Waals surface area contributed by atoms with Crippen molar-refractivity contribution in [2.75, 3.05) is 31.4 Å². The van der Waals surface area contributed by atoms with Gasteiger partial charge in [-0.05, 0) is 29.7 Å². The largest absolute Gasteiger partial charge is 0.487 e. The summed E-state index contributed by atoms with van der Waals surface area (Å²) in [5.74, 6) is -1.82. The molecule has 0 spiro atoms. The van der Waals surface area contributed by atoms with Crippen molar-refractivity contribution in [2.24, 2.45) is 0 Å². The predicted octanol–water partition coefficient (Wildman–Crippen LogP) is 4.84. The van der Waals surface area contributed by atoms with Crippen molar-refractivity contribution in [3.63, 3.8) is 0 Å². The maximum Gasteiger partial charge on any atom is 0.278 e. The lowest BCUT2D eigenvalue weighted by Gasteiger charge is -2.51. The summed E-state index contributed by atoms with van der Waals surface area (Å²) in [6.07, 6.45) is 3.72. The third-order valence-electron chi connectivity index (χ3n) is 7.53. The fourth-order valence-corrected chi connectivity index (χ4v) is 6.75. The van der Waals surface area contributed by atoms with E-state index in [9.17, 15) is 14.0 Å². The Morgan fingerprint density at radius 1 is 1.08 bits per heavy atom. The van der Waals surface area contributed by atoms with E-state index in [1.165, 1.54) is 17.8 Å². The quantitative estimate of drug-likeness (QED) is 0.407. The zero-order valence-corrected chi connectivity index (χ0v) is 22.4. The molecule has 0 unspecified atom stereocenters. The maximum atomic E-state index is 15.3. The van der Waals surface area contributed by atoms with E-state index in [0.717, 1.165) is 35.8 Å². The van der Waals surface area contributed by atoms with Gasteiger partial charge in [0.25, 0.3) is 5.91 Å². The molecule has 1 amide bonds. The lowest BCUT2D eigenvalue weighted by Crippen LogP contribution is -2.66. The monoisotopic (exact) mass is 553 g/mol. The molecular weight excluding hydrogens is 524 g/mol. The molecule has 1 aromatic heterocycles. The van der Waals surface area contributed by atoms with Crippen LogP contribution in [0.2, 0.25) is 0 Å². The van der Waals surface area contributed by atoms with Gasteiger partial charge in [-0.1, -0.05) is 44.0 Å². The summed E-state index contributed by atoms with van der Waals surface area (Å²) in [6, 6.07) is 11.3. The average molecular weight is 554 g/mol. The minimum atomic E-state index is -0.901. The second-order valence-electron chi connectivity index (χ2n) is 9.85. The number of amides is 1. The molecule has 39 heavy (non-hydrogen) atoms. The Morgan fingerprint density at radius 3 is 2.77 bits per heavy atom. The van der Waals surface area contributed by atoms with E-state index in [-0.39, 0.29) is 40.7 Å². The number of pyridine rings is 1. The number of thioether (sulfide) groups is 1. The van der Waals surface area contributed by atoms with Gasteiger partial charge in [0, 0.05) is 35.0 Å². The molecule has 204 valence electrons. The highest BCUT2D eigenvalue weighted by Gasteiger charge is 2.46. The van der Waals surface area contributed by atoms with Crippen LogP contribution < -0.4 is 15.2 Å². The van der Waals surface area contributed by atoms with Gasteiger partial charge in [0.05, 0.1) is 25.9 Å². The van der Waals surface area contributed by atoms with Crippen LogP contribution >= 0.6 is 11.8 Å². The number of hydrogen-bond donors (Lipinski definition) is 0. The number of fused-ring (bicyclic) bond motifs is 4. The lowest BCUT2D eigenvalue weighted by atomic mass is 9.93. The normalized spacial score (nSPS) is 20.0. The molecule has 0 bridgehead atoms. The number of hydrogen-bond acceptors (Lipinski definition) is 6. The van der Waals surface area contributed by atoms with Crippen molar-refractivity contribution in [1.29, 1.82) is 0 Å². The number of ether oxygens (including phenoxy) is 2. The molecule has 1 saturated heterocycles. The highest BCUT2D eigenvalue weighted by atomic mass is 32.2. The Hall–Kier alpha value is -3.37. The van der Waals surface area contributed by atoms with E-state index >= 15 is 4.39 Å². The molecule has 1 fully saturated rings. The molecule has 4 heterocycles. The number of carbonyl (C=O) groups excluding carboxylic acids is 1. The Morgan fingerprint density at radius 2 is 1.92 bits per heavy atom. The van der Waals surface area contributed by atoms with E-state index in [2.05, 4.69) is 6.92 Å². The van der Waals surface area contributed by atoms with E-state index in [4.69, 9.17) is 9.47 Å². The Bertz CT molecular complexity index is 1480. The minimum Gasteiger partial charge on any atom is -0.487 e. The van der Waals surface area contributed by atoms with Crippen LogP contribution in [0, 0.1) is 11.6 Å². The highest BCUT2D eigenvalue weighted by Crippen LogP contribution is 2.45. The second kappa shape index (κ2) is 10.7. The third kappa shape index (κ3) is 4.39. The zero-order valence-electron chi connectivity index (χ0n) is 21.6. The Balaban J connectivity index is 1.59. The van der Waals surface area contributed by atoms with Crippen LogP contribution in [-0.2, 0) is 10.5 Å². The van der Waals surface area contributed by atoms with Gasteiger partial charge in [-0.2, -0.15) is 0 Å². The molecule has 0 aliphatic carbocycles. The summed E-state index contributed by atoms with van der Waals surface area (Å²) in [6.45, 7) is 3.29. The molecule has 3 aliphatic heterocycles. The van der Waals surface area contributed by atoms with Gasteiger partial charge in [-0.15, -0.1) is 11.8 Å². The molecule has 6 rings (SSSR count). The summed E-state index contributed by atoms with van der Waals surface area (Å²) < 4.78 is 43.2. The Labute approximate surface area is 229 Å². The number of benzene rings is 2. The van der Waals surface area contributed by atoms with Gasteiger partial charge >= 0.3 is 0 Å². The van der Waals surface area contributed by atoms with E-state index < -0.39 is 23.8 Å². The smallest absolute Gasteiger partial charge is 0.278 e. The van der Waals surface area contributed by atoms with Gasteiger partial charge in [0.15, 0.2) is 23.1 Å². The van der Waals surface area contributed by atoms with Crippen LogP contribution in [-0.4, -0.2) is 48.0 Å². The van der Waals surface area contributed by atoms with Crippen LogP contribution in [0.25, 0.3) is 0 Å². The summed E-state index contributed by atoms with van der Waals surface area (Å²) in [7, 11) is 0. The summed E-state index contributed by atoms with van der Waals surface area (Å²) in [4.78, 5) is 29.5. The number of morpholine rings is 1. The number of halogens is 2. The van der Waals surface area contributed by atoms with Crippen LogP contribution in [0.3, 0.4) is 0 Å². The number of unbranched alkanes of at least 4 members (excludes halogenated alkanes) is 2. The number of rotatable bonds is 6. The van der Waals surface area contributed by atoms with Gasteiger partial charge in [-0.25, -0.2) is 8.78 Å². The van der Waals surface area contributed by atoms with Crippen LogP contribution in [0.1, 0.15) is 59.4 Å². The minimum absolute atomic E-state index is 0.00957. The molecule has 2 aromatic carbocycles. The molecule has 3 aliphatic rings. The summed E-state index contributed by atoms with van der Waals surface area (Å²) >= 11 is 1.45. The second-order valence-corrected chi connectivity index (χ2v) is 10.9. The van der Waals surface area contributed by atoms with Crippen LogP contribution in [0.4, 0.5) is 8.78 Å². The summed E-state index contributed by atoms with van der Waals surface area (Å²) in [5.41, 5.74) is 1.53. The van der Waals surface area contributed by atoms with E-state index in [1.54, 1.807) is 21.8 Å². The van der Waals surface area contributed by atoms with E-state index in [0.29, 0.717) is 25.3 Å². The molecule has 7 nitrogen and oxygen atoms in total. The molecule has 0 N–H and O–H groups in total. The average Bonchev–Trinajstić information content (AvgIpc) is 3.12. The maximum absolute atomic E-state index is 15.3. The molecule has 0 saturated carbocycles. The first-order valence-corrected chi connectivity index (χ1v) is 14.2. The van der Waals surface area contributed by atoms with Crippen molar-refractivity contribution in [3.05, 3.63) is 92.9 Å². The van der Waals surface area contributed by atoms with Gasteiger partial charge < -0.3 is 14.4 Å². The molecule has 10 heteroatoms. The molecular formula is C29H29F2N3O4S.